The Balaban J connectivity index is 1.99. The van der Waals surface area contributed by atoms with Gasteiger partial charge >= 0.3 is 0 Å². The maximum absolute atomic E-state index is 13.8. The lowest BCUT2D eigenvalue weighted by Gasteiger charge is -2.11. The molecule has 1 atom stereocenters. The largest absolute Gasteiger partial charge is 0.316 e. The summed E-state index contributed by atoms with van der Waals surface area (Å²) in [6.45, 7) is 3.82. The molecule has 4 nitrogen and oxygen atoms in total. The van der Waals surface area contributed by atoms with E-state index in [2.05, 4.69) is 10.0 Å². The second kappa shape index (κ2) is 5.98. The van der Waals surface area contributed by atoms with Gasteiger partial charge < -0.3 is 5.32 Å². The molecule has 1 unspecified atom stereocenters. The van der Waals surface area contributed by atoms with Crippen molar-refractivity contribution < 1.29 is 12.8 Å². The predicted molar refractivity (Wildman–Crippen MR) is 71.9 cm³/mol. The highest BCUT2D eigenvalue weighted by Crippen LogP contribution is 2.17. The van der Waals surface area contributed by atoms with Gasteiger partial charge in [0, 0.05) is 6.54 Å². The number of rotatable bonds is 5. The maximum atomic E-state index is 13.8. The summed E-state index contributed by atoms with van der Waals surface area (Å²) in [7, 11) is -3.75. The van der Waals surface area contributed by atoms with Crippen LogP contribution in [0.2, 0.25) is 0 Å². The average molecular weight is 286 g/mol. The first-order valence-electron chi connectivity index (χ1n) is 6.46. The van der Waals surface area contributed by atoms with Crippen LogP contribution in [-0.2, 0) is 10.0 Å². The molecule has 2 rings (SSSR count). The standard InChI is InChI=1S/C13H19FN2O2S/c1-10-3-2-4-12(13(10)14)19(17,18)16-8-6-11-5-7-15-9-11/h2-4,11,15-16H,5-9H2,1H3. The van der Waals surface area contributed by atoms with Crippen LogP contribution in [0.25, 0.3) is 0 Å². The number of halogens is 1. The zero-order chi connectivity index (χ0) is 13.9. The fourth-order valence-electron chi connectivity index (χ4n) is 2.26. The molecule has 0 amide bonds. The first-order chi connectivity index (χ1) is 9.00. The fourth-order valence-corrected chi connectivity index (χ4v) is 3.46. The summed E-state index contributed by atoms with van der Waals surface area (Å²) in [5, 5.41) is 3.23. The fraction of sp³-hybridized carbons (Fsp3) is 0.538. The van der Waals surface area contributed by atoms with E-state index in [1.165, 1.54) is 6.07 Å². The molecule has 1 aromatic rings. The van der Waals surface area contributed by atoms with Gasteiger partial charge in [0.05, 0.1) is 0 Å². The van der Waals surface area contributed by atoms with Crippen LogP contribution in [-0.4, -0.2) is 28.1 Å². The molecule has 19 heavy (non-hydrogen) atoms. The molecular weight excluding hydrogens is 267 g/mol. The minimum Gasteiger partial charge on any atom is -0.316 e. The molecule has 2 N–H and O–H groups in total. The molecule has 0 aromatic heterocycles. The molecule has 6 heteroatoms. The number of hydrogen-bond acceptors (Lipinski definition) is 3. The highest BCUT2D eigenvalue weighted by atomic mass is 32.2. The zero-order valence-corrected chi connectivity index (χ0v) is 11.8. The Bertz CT molecular complexity index is 540. The van der Waals surface area contributed by atoms with Gasteiger partial charge in [0.25, 0.3) is 0 Å². The number of nitrogens with one attached hydrogen (secondary N) is 2. The molecule has 0 spiro atoms. The van der Waals surface area contributed by atoms with Crippen LogP contribution in [0.3, 0.4) is 0 Å². The summed E-state index contributed by atoms with van der Waals surface area (Å²) in [5.41, 5.74) is 0.336. The van der Waals surface area contributed by atoms with Crippen molar-refractivity contribution in [1.29, 1.82) is 0 Å². The number of benzene rings is 1. The molecule has 1 heterocycles. The van der Waals surface area contributed by atoms with Crippen molar-refractivity contribution in [1.82, 2.24) is 10.0 Å². The van der Waals surface area contributed by atoms with Gasteiger partial charge in [-0.1, -0.05) is 12.1 Å². The van der Waals surface area contributed by atoms with Crippen LogP contribution in [0.1, 0.15) is 18.4 Å². The predicted octanol–water partition coefficient (Wildman–Crippen LogP) is 1.41. The molecule has 1 saturated heterocycles. The lowest BCUT2D eigenvalue weighted by Crippen LogP contribution is -2.27. The van der Waals surface area contributed by atoms with Crippen LogP contribution in [0, 0.1) is 18.7 Å². The summed E-state index contributed by atoms with van der Waals surface area (Å²) < 4.78 is 40.3. The second-order valence-electron chi connectivity index (χ2n) is 4.93. The van der Waals surface area contributed by atoms with Crippen molar-refractivity contribution in [2.75, 3.05) is 19.6 Å². The molecule has 106 valence electrons. The third-order valence-corrected chi connectivity index (χ3v) is 4.93. The normalized spacial score (nSPS) is 19.8. The van der Waals surface area contributed by atoms with Crippen LogP contribution in [0.5, 0.6) is 0 Å². The molecule has 0 bridgehead atoms. The van der Waals surface area contributed by atoms with Crippen molar-refractivity contribution in [3.8, 4) is 0 Å². The van der Waals surface area contributed by atoms with Gasteiger partial charge in [-0.25, -0.2) is 17.5 Å². The van der Waals surface area contributed by atoms with Crippen molar-refractivity contribution in [3.05, 3.63) is 29.6 Å². The number of hydrogen-bond donors (Lipinski definition) is 2. The van der Waals surface area contributed by atoms with Crippen molar-refractivity contribution in [3.63, 3.8) is 0 Å². The number of aryl methyl sites for hydroxylation is 1. The van der Waals surface area contributed by atoms with E-state index in [1.54, 1.807) is 19.1 Å². The lowest BCUT2D eigenvalue weighted by molar-refractivity contribution is 0.515. The van der Waals surface area contributed by atoms with E-state index < -0.39 is 15.8 Å². The third-order valence-electron chi connectivity index (χ3n) is 3.45. The van der Waals surface area contributed by atoms with Crippen molar-refractivity contribution in [2.45, 2.75) is 24.7 Å². The SMILES string of the molecule is Cc1cccc(S(=O)(=O)NCCC2CCNC2)c1F. The van der Waals surface area contributed by atoms with E-state index in [0.29, 0.717) is 18.0 Å². The lowest BCUT2D eigenvalue weighted by atomic mass is 10.1. The molecule has 0 saturated carbocycles. The minimum absolute atomic E-state index is 0.267. The quantitative estimate of drug-likeness (QED) is 0.860. The highest BCUT2D eigenvalue weighted by Gasteiger charge is 2.21. The van der Waals surface area contributed by atoms with Crippen LogP contribution >= 0.6 is 0 Å². The van der Waals surface area contributed by atoms with Crippen molar-refractivity contribution in [2.24, 2.45) is 5.92 Å². The third kappa shape index (κ3) is 3.52. The van der Waals surface area contributed by atoms with Gasteiger partial charge in [-0.15, -0.1) is 0 Å². The van der Waals surface area contributed by atoms with Crippen molar-refractivity contribution >= 4 is 10.0 Å². The Morgan fingerprint density at radius 3 is 2.95 bits per heavy atom. The molecule has 1 aliphatic rings. The first-order valence-corrected chi connectivity index (χ1v) is 7.94. The van der Waals surface area contributed by atoms with E-state index in [-0.39, 0.29) is 4.90 Å². The Kier molecular flexibility index (Phi) is 4.54. The first kappa shape index (κ1) is 14.4. The van der Waals surface area contributed by atoms with E-state index >= 15 is 0 Å². The van der Waals surface area contributed by atoms with Gasteiger partial charge in [0.2, 0.25) is 10.0 Å². The monoisotopic (exact) mass is 286 g/mol. The van der Waals surface area contributed by atoms with E-state index in [4.69, 9.17) is 0 Å². The Morgan fingerprint density at radius 1 is 1.47 bits per heavy atom. The van der Waals surface area contributed by atoms with Gasteiger partial charge in [-0.2, -0.15) is 0 Å². The van der Waals surface area contributed by atoms with Crippen LogP contribution in [0.15, 0.2) is 23.1 Å². The molecular formula is C13H19FN2O2S. The summed E-state index contributed by atoms with van der Waals surface area (Å²) >= 11 is 0. The Labute approximate surface area is 113 Å². The molecule has 1 aliphatic heterocycles. The Morgan fingerprint density at radius 2 is 2.26 bits per heavy atom. The molecule has 0 radical (unpaired) electrons. The molecule has 1 fully saturated rings. The Hall–Kier alpha value is -0.980. The van der Waals surface area contributed by atoms with E-state index in [0.717, 1.165) is 25.9 Å². The molecule has 1 aromatic carbocycles. The zero-order valence-electron chi connectivity index (χ0n) is 10.9. The van der Waals surface area contributed by atoms with E-state index in [1.807, 2.05) is 0 Å². The van der Waals surface area contributed by atoms with Gasteiger partial charge in [0.1, 0.15) is 10.7 Å². The maximum Gasteiger partial charge on any atom is 0.243 e. The van der Waals surface area contributed by atoms with Gasteiger partial charge in [-0.3, -0.25) is 0 Å². The topological polar surface area (TPSA) is 58.2 Å². The van der Waals surface area contributed by atoms with Crippen LogP contribution in [0.4, 0.5) is 4.39 Å². The summed E-state index contributed by atoms with van der Waals surface area (Å²) in [6, 6.07) is 4.40. The van der Waals surface area contributed by atoms with Gasteiger partial charge in [0.15, 0.2) is 0 Å². The smallest absolute Gasteiger partial charge is 0.243 e. The second-order valence-corrected chi connectivity index (χ2v) is 6.67. The molecule has 0 aliphatic carbocycles. The van der Waals surface area contributed by atoms with Crippen LogP contribution < -0.4 is 10.0 Å². The number of sulfonamides is 1. The summed E-state index contributed by atoms with van der Waals surface area (Å²) in [6.07, 6.45) is 1.85. The average Bonchev–Trinajstić information content (AvgIpc) is 2.85. The summed E-state index contributed by atoms with van der Waals surface area (Å²) in [5.74, 6) is -0.164. The highest BCUT2D eigenvalue weighted by molar-refractivity contribution is 7.89. The summed E-state index contributed by atoms with van der Waals surface area (Å²) in [4.78, 5) is -0.267. The van der Waals surface area contributed by atoms with E-state index in [9.17, 15) is 12.8 Å². The van der Waals surface area contributed by atoms with Gasteiger partial charge in [-0.05, 0) is 50.4 Å². The minimum atomic E-state index is -3.75.